The number of fused-ring (bicyclic) bond motifs is 1. The molecule has 1 amide bonds. The Morgan fingerprint density at radius 3 is 2.39 bits per heavy atom. The average Bonchev–Trinajstić information content (AvgIpc) is 3.08. The Labute approximate surface area is 139 Å². The van der Waals surface area contributed by atoms with Gasteiger partial charge in [0.2, 0.25) is 5.91 Å². The summed E-state index contributed by atoms with van der Waals surface area (Å²) in [5.41, 5.74) is 1.39. The van der Waals surface area contributed by atoms with Crippen molar-refractivity contribution >= 4 is 5.91 Å². The van der Waals surface area contributed by atoms with Crippen LogP contribution >= 0.6 is 0 Å². The molecular weight excluding hydrogens is 284 g/mol. The molecule has 3 saturated heterocycles. The van der Waals surface area contributed by atoms with Crippen LogP contribution in [0.25, 0.3) is 0 Å². The Bertz CT molecular complexity index is 536. The van der Waals surface area contributed by atoms with Crippen LogP contribution in [0, 0.1) is 5.92 Å². The quantitative estimate of drug-likeness (QED) is 0.833. The van der Waals surface area contributed by atoms with Crippen molar-refractivity contribution in [2.24, 2.45) is 5.92 Å². The number of rotatable bonds is 2. The summed E-state index contributed by atoms with van der Waals surface area (Å²) in [6.07, 6.45) is 8.42. The first-order chi connectivity index (χ1) is 11.3. The fourth-order valence-electron chi connectivity index (χ4n) is 4.96. The predicted octanol–water partition coefficient (Wildman–Crippen LogP) is 3.61. The molecule has 3 nitrogen and oxygen atoms in total. The molecule has 0 spiro atoms. The van der Waals surface area contributed by atoms with Gasteiger partial charge in [0.25, 0.3) is 0 Å². The third-order valence-electron chi connectivity index (χ3n) is 6.10. The maximum Gasteiger partial charge on any atom is 0.227 e. The van der Waals surface area contributed by atoms with E-state index in [9.17, 15) is 4.79 Å². The smallest absolute Gasteiger partial charge is 0.227 e. The van der Waals surface area contributed by atoms with Crippen LogP contribution in [-0.4, -0.2) is 41.4 Å². The highest BCUT2D eigenvalue weighted by molar-refractivity contribution is 5.80. The van der Waals surface area contributed by atoms with E-state index in [1.807, 2.05) is 0 Å². The van der Waals surface area contributed by atoms with Crippen molar-refractivity contribution in [1.82, 2.24) is 9.80 Å². The van der Waals surface area contributed by atoms with E-state index >= 15 is 0 Å². The van der Waals surface area contributed by atoms with Gasteiger partial charge in [-0.3, -0.25) is 9.69 Å². The summed E-state index contributed by atoms with van der Waals surface area (Å²) in [5.74, 6) is 0.669. The normalized spacial score (nSPS) is 31.8. The van der Waals surface area contributed by atoms with Crippen molar-refractivity contribution in [2.75, 3.05) is 19.6 Å². The third kappa shape index (κ3) is 2.91. The summed E-state index contributed by atoms with van der Waals surface area (Å²) >= 11 is 0. The molecule has 0 N–H and O–H groups in total. The topological polar surface area (TPSA) is 23.6 Å². The summed E-state index contributed by atoms with van der Waals surface area (Å²) in [7, 11) is 0. The van der Waals surface area contributed by atoms with Crippen LogP contribution in [0.2, 0.25) is 0 Å². The second-order valence-corrected chi connectivity index (χ2v) is 7.46. The molecule has 0 aromatic heterocycles. The first-order valence-electron chi connectivity index (χ1n) is 9.44. The van der Waals surface area contributed by atoms with Crippen molar-refractivity contribution in [2.45, 2.75) is 57.0 Å². The monoisotopic (exact) mass is 312 g/mol. The second kappa shape index (κ2) is 6.64. The van der Waals surface area contributed by atoms with Crippen LogP contribution in [0.3, 0.4) is 0 Å². The fourth-order valence-corrected chi connectivity index (χ4v) is 4.96. The third-order valence-corrected chi connectivity index (χ3v) is 6.10. The molecule has 124 valence electrons. The molecule has 3 heterocycles. The molecule has 3 aliphatic heterocycles. The Morgan fingerprint density at radius 2 is 1.65 bits per heavy atom. The number of nitrogens with zero attached hydrogens (tertiary/aromatic N) is 2. The highest BCUT2D eigenvalue weighted by Crippen LogP contribution is 2.45. The minimum Gasteiger partial charge on any atom is -0.342 e. The molecule has 0 saturated carbocycles. The van der Waals surface area contributed by atoms with Crippen molar-refractivity contribution in [3.05, 3.63) is 35.9 Å². The average molecular weight is 312 g/mol. The first-order valence-corrected chi connectivity index (χ1v) is 9.44. The molecule has 23 heavy (non-hydrogen) atoms. The SMILES string of the molecule is O=C([C@H]1C[C@@H](c2ccccc2)N2CCC[C@H]12)N1CCCCCC1. The Kier molecular flexibility index (Phi) is 4.39. The standard InChI is InChI=1S/C20H28N2O/c23-20(21-12-6-1-2-7-13-21)17-15-19(16-9-4-3-5-10-16)22-14-8-11-18(17)22/h3-5,9-10,17-19H,1-2,6-8,11-15H2/t17-,18+,19-/m0/s1. The van der Waals surface area contributed by atoms with Gasteiger partial charge in [0, 0.05) is 25.2 Å². The number of carbonyl (C=O) groups is 1. The zero-order valence-electron chi connectivity index (χ0n) is 14.0. The molecule has 3 fully saturated rings. The van der Waals surface area contributed by atoms with Gasteiger partial charge in [-0.05, 0) is 44.2 Å². The highest BCUT2D eigenvalue weighted by Gasteiger charge is 2.48. The van der Waals surface area contributed by atoms with E-state index in [-0.39, 0.29) is 5.92 Å². The molecule has 0 radical (unpaired) electrons. The van der Waals surface area contributed by atoms with E-state index in [2.05, 4.69) is 40.1 Å². The lowest BCUT2D eigenvalue weighted by Crippen LogP contribution is -2.41. The molecule has 3 atom stereocenters. The molecule has 0 aliphatic carbocycles. The Morgan fingerprint density at radius 1 is 0.913 bits per heavy atom. The van der Waals surface area contributed by atoms with E-state index in [4.69, 9.17) is 0 Å². The van der Waals surface area contributed by atoms with Crippen molar-refractivity contribution in [3.63, 3.8) is 0 Å². The number of likely N-dealkylation sites (tertiary alicyclic amines) is 1. The second-order valence-electron chi connectivity index (χ2n) is 7.46. The van der Waals surface area contributed by atoms with Gasteiger partial charge in [0.15, 0.2) is 0 Å². The summed E-state index contributed by atoms with van der Waals surface area (Å²) in [4.78, 5) is 18.0. The molecule has 1 aromatic rings. The van der Waals surface area contributed by atoms with Crippen LogP contribution in [0.15, 0.2) is 30.3 Å². The van der Waals surface area contributed by atoms with Gasteiger partial charge >= 0.3 is 0 Å². The van der Waals surface area contributed by atoms with Crippen LogP contribution < -0.4 is 0 Å². The maximum absolute atomic E-state index is 13.2. The van der Waals surface area contributed by atoms with Crippen molar-refractivity contribution in [3.8, 4) is 0 Å². The summed E-state index contributed by atoms with van der Waals surface area (Å²) in [6.45, 7) is 3.13. The largest absolute Gasteiger partial charge is 0.342 e. The molecule has 1 aromatic carbocycles. The van der Waals surface area contributed by atoms with Crippen LogP contribution in [0.5, 0.6) is 0 Å². The van der Waals surface area contributed by atoms with Gasteiger partial charge in [0.05, 0.1) is 5.92 Å². The first kappa shape index (κ1) is 15.2. The van der Waals surface area contributed by atoms with Crippen LogP contribution in [-0.2, 0) is 4.79 Å². The van der Waals surface area contributed by atoms with Crippen LogP contribution in [0.4, 0.5) is 0 Å². The number of amides is 1. The van der Waals surface area contributed by atoms with Crippen molar-refractivity contribution < 1.29 is 4.79 Å². The Balaban J connectivity index is 1.53. The molecule has 0 bridgehead atoms. The fraction of sp³-hybridized carbons (Fsp3) is 0.650. The van der Waals surface area contributed by atoms with E-state index in [1.54, 1.807) is 0 Å². The predicted molar refractivity (Wildman–Crippen MR) is 92.1 cm³/mol. The number of benzene rings is 1. The Hall–Kier alpha value is -1.35. The zero-order valence-corrected chi connectivity index (χ0v) is 14.0. The van der Waals surface area contributed by atoms with E-state index in [1.165, 1.54) is 44.1 Å². The van der Waals surface area contributed by atoms with Crippen LogP contribution in [0.1, 0.15) is 56.6 Å². The van der Waals surface area contributed by atoms with Gasteiger partial charge in [-0.15, -0.1) is 0 Å². The minimum absolute atomic E-state index is 0.223. The lowest BCUT2D eigenvalue weighted by Gasteiger charge is -2.27. The molecular formula is C20H28N2O. The number of hydrogen-bond acceptors (Lipinski definition) is 2. The molecule has 0 unspecified atom stereocenters. The summed E-state index contributed by atoms with van der Waals surface area (Å²) in [6, 6.07) is 11.7. The van der Waals surface area contributed by atoms with E-state index in [0.29, 0.717) is 18.0 Å². The van der Waals surface area contributed by atoms with Gasteiger partial charge < -0.3 is 4.90 Å². The van der Waals surface area contributed by atoms with Gasteiger partial charge in [-0.1, -0.05) is 43.2 Å². The van der Waals surface area contributed by atoms with Gasteiger partial charge in [-0.25, -0.2) is 0 Å². The maximum atomic E-state index is 13.2. The molecule has 3 heteroatoms. The minimum atomic E-state index is 0.223. The van der Waals surface area contributed by atoms with E-state index in [0.717, 1.165) is 26.1 Å². The van der Waals surface area contributed by atoms with E-state index < -0.39 is 0 Å². The lowest BCUT2D eigenvalue weighted by atomic mass is 9.93. The molecule has 4 rings (SSSR count). The summed E-state index contributed by atoms with van der Waals surface area (Å²) in [5, 5.41) is 0. The summed E-state index contributed by atoms with van der Waals surface area (Å²) < 4.78 is 0. The number of carbonyl (C=O) groups excluding carboxylic acids is 1. The van der Waals surface area contributed by atoms with Crippen molar-refractivity contribution in [1.29, 1.82) is 0 Å². The highest BCUT2D eigenvalue weighted by atomic mass is 16.2. The van der Waals surface area contributed by atoms with Gasteiger partial charge in [0.1, 0.15) is 0 Å². The molecule has 3 aliphatic rings. The lowest BCUT2D eigenvalue weighted by molar-refractivity contribution is -0.136. The number of hydrogen-bond donors (Lipinski definition) is 0. The zero-order chi connectivity index (χ0) is 15.6. The van der Waals surface area contributed by atoms with Gasteiger partial charge in [-0.2, -0.15) is 0 Å².